The highest BCUT2D eigenvalue weighted by Gasteiger charge is 2.08. The van der Waals surface area contributed by atoms with Crippen molar-refractivity contribution in [1.82, 2.24) is 4.40 Å². The van der Waals surface area contributed by atoms with Gasteiger partial charge in [-0.15, -0.1) is 0 Å². The molecule has 0 spiro atoms. The van der Waals surface area contributed by atoms with Crippen molar-refractivity contribution in [2.24, 2.45) is 0 Å². The molecular formula is C13H8ClNO. The number of rotatable bonds is 0. The average molecular weight is 230 g/mol. The zero-order chi connectivity index (χ0) is 11.1. The fraction of sp³-hybridized carbons (Fsp3) is 0. The molecule has 3 rings (SSSR count). The zero-order valence-electron chi connectivity index (χ0n) is 8.35. The summed E-state index contributed by atoms with van der Waals surface area (Å²) in [5, 5.41) is 2.08. The Morgan fingerprint density at radius 2 is 1.62 bits per heavy atom. The lowest BCUT2D eigenvalue weighted by Crippen LogP contribution is -2.13. The van der Waals surface area contributed by atoms with Gasteiger partial charge in [-0.05, 0) is 18.2 Å². The second-order valence-electron chi connectivity index (χ2n) is 3.62. The number of pyridine rings is 2. The number of benzene rings is 1. The summed E-state index contributed by atoms with van der Waals surface area (Å²) >= 11 is 6.29. The van der Waals surface area contributed by atoms with Crippen molar-refractivity contribution < 1.29 is 0 Å². The van der Waals surface area contributed by atoms with Crippen LogP contribution < -0.4 is 5.56 Å². The van der Waals surface area contributed by atoms with E-state index >= 15 is 0 Å². The lowest BCUT2D eigenvalue weighted by Gasteiger charge is -2.06. The molecule has 0 atom stereocenters. The molecule has 0 aliphatic carbocycles. The smallest absolute Gasteiger partial charge is 0.263 e. The molecule has 3 aromatic rings. The van der Waals surface area contributed by atoms with Crippen molar-refractivity contribution in [2.75, 3.05) is 0 Å². The molecule has 0 unspecified atom stereocenters. The SMILES string of the molecule is O=c1c2ccccc2c(Cl)c2ccccn12. The van der Waals surface area contributed by atoms with Gasteiger partial charge in [0, 0.05) is 17.0 Å². The van der Waals surface area contributed by atoms with E-state index in [0.29, 0.717) is 10.4 Å². The van der Waals surface area contributed by atoms with E-state index in [9.17, 15) is 4.79 Å². The Labute approximate surface area is 96.7 Å². The van der Waals surface area contributed by atoms with E-state index in [-0.39, 0.29) is 5.56 Å². The molecule has 0 amide bonds. The van der Waals surface area contributed by atoms with Crippen molar-refractivity contribution in [2.45, 2.75) is 0 Å². The molecule has 0 aliphatic heterocycles. The number of fused-ring (bicyclic) bond motifs is 2. The first-order valence-electron chi connectivity index (χ1n) is 4.96. The molecular weight excluding hydrogens is 222 g/mol. The van der Waals surface area contributed by atoms with Crippen LogP contribution >= 0.6 is 11.6 Å². The standard InChI is InChI=1S/C13H8ClNO/c14-12-9-5-1-2-6-10(9)13(16)15-8-4-3-7-11(12)15/h1-8H. The third kappa shape index (κ3) is 1.17. The van der Waals surface area contributed by atoms with Crippen LogP contribution in [0.5, 0.6) is 0 Å². The molecule has 16 heavy (non-hydrogen) atoms. The van der Waals surface area contributed by atoms with E-state index < -0.39 is 0 Å². The summed E-state index contributed by atoms with van der Waals surface area (Å²) in [6.07, 6.45) is 1.73. The van der Waals surface area contributed by atoms with Gasteiger partial charge >= 0.3 is 0 Å². The van der Waals surface area contributed by atoms with E-state index in [1.165, 1.54) is 0 Å². The van der Waals surface area contributed by atoms with Crippen molar-refractivity contribution in [3.05, 3.63) is 64.0 Å². The quantitative estimate of drug-likeness (QED) is 0.543. The molecule has 3 heteroatoms. The summed E-state index contributed by atoms with van der Waals surface area (Å²) in [6, 6.07) is 12.9. The first kappa shape index (κ1) is 9.43. The minimum absolute atomic E-state index is 0.0319. The van der Waals surface area contributed by atoms with Gasteiger partial charge < -0.3 is 0 Å². The molecule has 78 valence electrons. The maximum atomic E-state index is 12.1. The maximum absolute atomic E-state index is 12.1. The Bertz CT molecular complexity index is 686. The number of halogens is 1. The molecule has 1 aromatic carbocycles. The molecule has 0 radical (unpaired) electrons. The van der Waals surface area contributed by atoms with Gasteiger partial charge in [-0.2, -0.15) is 0 Å². The van der Waals surface area contributed by atoms with Crippen LogP contribution in [-0.2, 0) is 0 Å². The summed E-state index contributed by atoms with van der Waals surface area (Å²) in [5.41, 5.74) is 0.712. The van der Waals surface area contributed by atoms with Crippen LogP contribution in [0.4, 0.5) is 0 Å². The molecule has 2 nitrogen and oxygen atoms in total. The second kappa shape index (κ2) is 3.35. The Hall–Kier alpha value is -1.80. The van der Waals surface area contributed by atoms with Gasteiger partial charge in [-0.3, -0.25) is 9.20 Å². The van der Waals surface area contributed by atoms with Gasteiger partial charge in [0.2, 0.25) is 0 Å². The lowest BCUT2D eigenvalue weighted by molar-refractivity contribution is 1.12. The summed E-state index contributed by atoms with van der Waals surface area (Å²) in [4.78, 5) is 12.1. The highest BCUT2D eigenvalue weighted by Crippen LogP contribution is 2.24. The van der Waals surface area contributed by atoms with Crippen molar-refractivity contribution in [1.29, 1.82) is 0 Å². The highest BCUT2D eigenvalue weighted by atomic mass is 35.5. The Morgan fingerprint density at radius 3 is 2.44 bits per heavy atom. The molecule has 2 aromatic heterocycles. The van der Waals surface area contributed by atoms with E-state index in [1.807, 2.05) is 36.4 Å². The summed E-state index contributed by atoms with van der Waals surface area (Å²) in [7, 11) is 0. The van der Waals surface area contributed by atoms with E-state index in [0.717, 1.165) is 10.9 Å². The van der Waals surface area contributed by atoms with E-state index in [1.54, 1.807) is 16.7 Å². The van der Waals surface area contributed by atoms with Crippen LogP contribution in [0.15, 0.2) is 53.5 Å². The summed E-state index contributed by atoms with van der Waals surface area (Å²) in [5.74, 6) is 0. The molecule has 0 N–H and O–H groups in total. The molecule has 0 fully saturated rings. The van der Waals surface area contributed by atoms with Crippen molar-refractivity contribution >= 4 is 27.9 Å². The fourth-order valence-electron chi connectivity index (χ4n) is 1.93. The predicted molar refractivity (Wildman–Crippen MR) is 66.2 cm³/mol. The molecule has 0 bridgehead atoms. The largest absolute Gasteiger partial charge is 0.282 e. The Kier molecular flexibility index (Phi) is 1.98. The first-order chi connectivity index (χ1) is 7.79. The number of hydrogen-bond acceptors (Lipinski definition) is 1. The van der Waals surface area contributed by atoms with Gasteiger partial charge in [-0.1, -0.05) is 35.9 Å². The molecule has 2 heterocycles. The normalized spacial score (nSPS) is 11.1. The monoisotopic (exact) mass is 229 g/mol. The van der Waals surface area contributed by atoms with Crippen molar-refractivity contribution in [3.8, 4) is 0 Å². The van der Waals surface area contributed by atoms with Crippen LogP contribution in [0.2, 0.25) is 5.02 Å². The average Bonchev–Trinajstić information content (AvgIpc) is 2.36. The van der Waals surface area contributed by atoms with Gasteiger partial charge in [0.05, 0.1) is 10.5 Å². The summed E-state index contributed by atoms with van der Waals surface area (Å²) < 4.78 is 1.57. The number of hydrogen-bond donors (Lipinski definition) is 0. The Balaban J connectivity index is 2.73. The Morgan fingerprint density at radius 1 is 0.938 bits per heavy atom. The number of nitrogens with zero attached hydrogens (tertiary/aromatic N) is 1. The third-order valence-corrected chi connectivity index (χ3v) is 3.09. The van der Waals surface area contributed by atoms with Crippen LogP contribution in [0.1, 0.15) is 0 Å². The van der Waals surface area contributed by atoms with E-state index in [4.69, 9.17) is 11.6 Å². The molecule has 0 aliphatic rings. The zero-order valence-corrected chi connectivity index (χ0v) is 9.11. The van der Waals surface area contributed by atoms with Crippen molar-refractivity contribution in [3.63, 3.8) is 0 Å². The molecule has 0 saturated heterocycles. The van der Waals surface area contributed by atoms with Gasteiger partial charge in [-0.25, -0.2) is 0 Å². The first-order valence-corrected chi connectivity index (χ1v) is 5.34. The highest BCUT2D eigenvalue weighted by molar-refractivity contribution is 6.38. The van der Waals surface area contributed by atoms with E-state index in [2.05, 4.69) is 0 Å². The second-order valence-corrected chi connectivity index (χ2v) is 4.00. The van der Waals surface area contributed by atoms with Gasteiger partial charge in [0.15, 0.2) is 0 Å². The van der Waals surface area contributed by atoms with Crippen LogP contribution in [0.25, 0.3) is 16.3 Å². The van der Waals surface area contributed by atoms with Crippen LogP contribution in [-0.4, -0.2) is 4.40 Å². The molecule has 0 saturated carbocycles. The third-order valence-electron chi connectivity index (χ3n) is 2.70. The van der Waals surface area contributed by atoms with Gasteiger partial charge in [0.25, 0.3) is 5.56 Å². The van der Waals surface area contributed by atoms with Crippen LogP contribution in [0, 0.1) is 0 Å². The predicted octanol–water partition coefficient (Wildman–Crippen LogP) is 3.11. The topological polar surface area (TPSA) is 21.5 Å². The minimum atomic E-state index is -0.0319. The van der Waals surface area contributed by atoms with Crippen LogP contribution in [0.3, 0.4) is 0 Å². The van der Waals surface area contributed by atoms with Gasteiger partial charge in [0.1, 0.15) is 0 Å². The summed E-state index contributed by atoms with van der Waals surface area (Å²) in [6.45, 7) is 0. The maximum Gasteiger partial charge on any atom is 0.263 e. The minimum Gasteiger partial charge on any atom is -0.282 e. The fourth-order valence-corrected chi connectivity index (χ4v) is 2.25. The number of aromatic nitrogens is 1. The lowest BCUT2D eigenvalue weighted by atomic mass is 10.1.